The van der Waals surface area contributed by atoms with Crippen LogP contribution in [0.2, 0.25) is 0 Å². The minimum Gasteiger partial charge on any atom is -0.372 e. The smallest absolute Gasteiger partial charge is 0.221 e. The number of amides is 1. The summed E-state index contributed by atoms with van der Waals surface area (Å²) in [4.78, 5) is 16.9. The Kier molecular flexibility index (Phi) is 4.28. The average molecular weight is 218 g/mol. The van der Waals surface area contributed by atoms with Gasteiger partial charge >= 0.3 is 0 Å². The summed E-state index contributed by atoms with van der Waals surface area (Å²) in [6.07, 6.45) is 1.97. The van der Waals surface area contributed by atoms with E-state index >= 15 is 0 Å². The molecule has 0 aromatic carbocycles. The first-order chi connectivity index (χ1) is 7.69. The van der Waals surface area contributed by atoms with E-state index < -0.39 is 0 Å². The number of pyridine rings is 1. The van der Waals surface area contributed by atoms with Crippen LogP contribution in [0.1, 0.15) is 12.1 Å². The number of hydrogen-bond acceptors (Lipinski definition) is 4. The van der Waals surface area contributed by atoms with Gasteiger partial charge in [-0.1, -0.05) is 0 Å². The molecular weight excluding hydrogens is 204 g/mol. The SMILES string of the molecule is CNC(=O)CCN(C)c1cccnc1C#N. The zero-order valence-electron chi connectivity index (χ0n) is 9.40. The predicted molar refractivity (Wildman–Crippen MR) is 60.9 cm³/mol. The molecule has 1 amide bonds. The molecule has 0 fully saturated rings. The summed E-state index contributed by atoms with van der Waals surface area (Å²) in [5, 5.41) is 11.4. The van der Waals surface area contributed by atoms with E-state index in [4.69, 9.17) is 5.26 Å². The highest BCUT2D eigenvalue weighted by atomic mass is 16.1. The lowest BCUT2D eigenvalue weighted by atomic mass is 10.2. The maximum Gasteiger partial charge on any atom is 0.221 e. The second-order valence-electron chi connectivity index (χ2n) is 3.33. The van der Waals surface area contributed by atoms with Crippen molar-refractivity contribution in [3.05, 3.63) is 24.0 Å². The predicted octanol–water partition coefficient (Wildman–Crippen LogP) is 0.526. The number of hydrogen-bond donors (Lipinski definition) is 1. The molecule has 5 nitrogen and oxygen atoms in total. The van der Waals surface area contributed by atoms with Gasteiger partial charge in [-0.25, -0.2) is 4.98 Å². The number of carbonyl (C=O) groups excluding carboxylic acids is 1. The average Bonchev–Trinajstić information content (AvgIpc) is 2.35. The highest BCUT2D eigenvalue weighted by Gasteiger charge is 2.08. The Labute approximate surface area is 94.7 Å². The highest BCUT2D eigenvalue weighted by Crippen LogP contribution is 2.15. The van der Waals surface area contributed by atoms with Gasteiger partial charge in [0.1, 0.15) is 6.07 Å². The number of carbonyl (C=O) groups is 1. The quantitative estimate of drug-likeness (QED) is 0.800. The first-order valence-electron chi connectivity index (χ1n) is 4.96. The third kappa shape index (κ3) is 2.95. The Morgan fingerprint density at radius 1 is 1.69 bits per heavy atom. The van der Waals surface area contributed by atoms with Gasteiger partial charge in [-0.2, -0.15) is 5.26 Å². The van der Waals surface area contributed by atoms with Crippen molar-refractivity contribution >= 4 is 11.6 Å². The lowest BCUT2D eigenvalue weighted by Crippen LogP contribution is -2.26. The molecule has 1 heterocycles. The Bertz CT molecular complexity index is 411. The first-order valence-corrected chi connectivity index (χ1v) is 4.96. The molecule has 0 atom stereocenters. The number of aromatic nitrogens is 1. The maximum absolute atomic E-state index is 11.1. The minimum atomic E-state index is -0.0192. The molecule has 0 spiro atoms. The number of nitrogens with zero attached hydrogens (tertiary/aromatic N) is 3. The van der Waals surface area contributed by atoms with Crippen LogP contribution in [0.25, 0.3) is 0 Å². The first kappa shape index (κ1) is 12.0. The van der Waals surface area contributed by atoms with Gasteiger partial charge < -0.3 is 10.2 Å². The molecule has 1 N–H and O–H groups in total. The molecular formula is C11H14N4O. The molecule has 84 valence electrons. The maximum atomic E-state index is 11.1. The summed E-state index contributed by atoms with van der Waals surface area (Å²) in [7, 11) is 3.44. The summed E-state index contributed by atoms with van der Waals surface area (Å²) in [5.41, 5.74) is 1.12. The van der Waals surface area contributed by atoms with E-state index in [9.17, 15) is 4.79 Å². The molecule has 1 aromatic heterocycles. The standard InChI is InChI=1S/C11H14N4O/c1-13-11(16)5-7-15(2)10-4-3-6-14-9(10)8-12/h3-4,6H,5,7H2,1-2H3,(H,13,16). The van der Waals surface area contributed by atoms with E-state index in [2.05, 4.69) is 10.3 Å². The van der Waals surface area contributed by atoms with Crippen LogP contribution in [0.4, 0.5) is 5.69 Å². The van der Waals surface area contributed by atoms with E-state index in [-0.39, 0.29) is 5.91 Å². The van der Waals surface area contributed by atoms with Gasteiger partial charge in [-0.05, 0) is 12.1 Å². The molecule has 5 heteroatoms. The van der Waals surface area contributed by atoms with Crippen LogP contribution in [-0.2, 0) is 4.79 Å². The summed E-state index contributed by atoms with van der Waals surface area (Å²) < 4.78 is 0. The molecule has 1 rings (SSSR count). The Balaban J connectivity index is 2.70. The molecule has 0 bridgehead atoms. The summed E-state index contributed by atoms with van der Waals surface area (Å²) in [6, 6.07) is 5.61. The normalized spacial score (nSPS) is 9.31. The van der Waals surface area contributed by atoms with Crippen LogP contribution < -0.4 is 10.2 Å². The van der Waals surface area contributed by atoms with E-state index in [0.717, 1.165) is 5.69 Å². The lowest BCUT2D eigenvalue weighted by Gasteiger charge is -2.19. The van der Waals surface area contributed by atoms with Gasteiger partial charge in [0.2, 0.25) is 5.91 Å². The lowest BCUT2D eigenvalue weighted by molar-refractivity contribution is -0.120. The molecule has 16 heavy (non-hydrogen) atoms. The van der Waals surface area contributed by atoms with Crippen molar-refractivity contribution in [2.24, 2.45) is 0 Å². The van der Waals surface area contributed by atoms with E-state index in [1.54, 1.807) is 19.3 Å². The number of nitrogens with one attached hydrogen (secondary N) is 1. The van der Waals surface area contributed by atoms with Gasteiger partial charge in [-0.15, -0.1) is 0 Å². The fourth-order valence-electron chi connectivity index (χ4n) is 1.31. The van der Waals surface area contributed by atoms with Crippen molar-refractivity contribution in [2.45, 2.75) is 6.42 Å². The Morgan fingerprint density at radius 3 is 3.06 bits per heavy atom. The van der Waals surface area contributed by atoms with Crippen LogP contribution in [0, 0.1) is 11.3 Å². The fourth-order valence-corrected chi connectivity index (χ4v) is 1.31. The largest absolute Gasteiger partial charge is 0.372 e. The van der Waals surface area contributed by atoms with E-state index in [1.807, 2.05) is 24.1 Å². The topological polar surface area (TPSA) is 69.0 Å². The van der Waals surface area contributed by atoms with Crippen LogP contribution in [0.5, 0.6) is 0 Å². The van der Waals surface area contributed by atoms with Crippen molar-refractivity contribution in [2.75, 3.05) is 25.5 Å². The molecule has 0 aliphatic rings. The number of anilines is 1. The van der Waals surface area contributed by atoms with Crippen LogP contribution in [0.15, 0.2) is 18.3 Å². The molecule has 0 saturated heterocycles. The number of nitriles is 1. The second-order valence-corrected chi connectivity index (χ2v) is 3.33. The van der Waals surface area contributed by atoms with Gasteiger partial charge in [0.15, 0.2) is 5.69 Å². The van der Waals surface area contributed by atoms with E-state index in [1.165, 1.54) is 0 Å². The number of rotatable bonds is 4. The van der Waals surface area contributed by atoms with Crippen molar-refractivity contribution in [3.63, 3.8) is 0 Å². The van der Waals surface area contributed by atoms with Gasteiger partial charge in [0.25, 0.3) is 0 Å². The summed E-state index contributed by atoms with van der Waals surface area (Å²) in [5.74, 6) is -0.0192. The molecule has 1 aromatic rings. The molecule has 0 saturated carbocycles. The summed E-state index contributed by atoms with van der Waals surface area (Å²) in [6.45, 7) is 0.556. The van der Waals surface area contributed by atoms with Crippen LogP contribution >= 0.6 is 0 Å². The van der Waals surface area contributed by atoms with Crippen molar-refractivity contribution in [1.29, 1.82) is 5.26 Å². The third-order valence-corrected chi connectivity index (χ3v) is 2.26. The zero-order chi connectivity index (χ0) is 12.0. The highest BCUT2D eigenvalue weighted by molar-refractivity contribution is 5.76. The minimum absolute atomic E-state index is 0.0192. The molecule has 0 aliphatic carbocycles. The second kappa shape index (κ2) is 5.71. The van der Waals surface area contributed by atoms with Crippen molar-refractivity contribution in [1.82, 2.24) is 10.3 Å². The fraction of sp³-hybridized carbons (Fsp3) is 0.364. The van der Waals surface area contributed by atoms with Gasteiger partial charge in [0, 0.05) is 33.3 Å². The van der Waals surface area contributed by atoms with Gasteiger partial charge in [0.05, 0.1) is 5.69 Å². The zero-order valence-corrected chi connectivity index (χ0v) is 9.40. The van der Waals surface area contributed by atoms with Crippen LogP contribution in [-0.4, -0.2) is 31.5 Å². The Morgan fingerprint density at radius 2 is 2.44 bits per heavy atom. The molecule has 0 radical (unpaired) electrons. The van der Waals surface area contributed by atoms with Gasteiger partial charge in [-0.3, -0.25) is 4.79 Å². The molecule has 0 unspecified atom stereocenters. The van der Waals surface area contributed by atoms with Crippen molar-refractivity contribution < 1.29 is 4.79 Å². The Hall–Kier alpha value is -2.09. The van der Waals surface area contributed by atoms with Crippen molar-refractivity contribution in [3.8, 4) is 6.07 Å². The monoisotopic (exact) mass is 218 g/mol. The third-order valence-electron chi connectivity index (χ3n) is 2.26. The summed E-state index contributed by atoms with van der Waals surface area (Å²) >= 11 is 0. The van der Waals surface area contributed by atoms with Crippen LogP contribution in [0.3, 0.4) is 0 Å². The van der Waals surface area contributed by atoms with E-state index in [0.29, 0.717) is 18.7 Å². The molecule has 0 aliphatic heterocycles.